The number of benzene rings is 1. The number of amides is 1. The summed E-state index contributed by atoms with van der Waals surface area (Å²) < 4.78 is 31.8. The van der Waals surface area contributed by atoms with Gasteiger partial charge in [0, 0.05) is 18.0 Å². The molecule has 112 valence electrons. The highest BCUT2D eigenvalue weighted by molar-refractivity contribution is 5.94. The van der Waals surface area contributed by atoms with Crippen LogP contribution in [0.15, 0.2) is 34.9 Å². The van der Waals surface area contributed by atoms with Crippen molar-refractivity contribution in [2.45, 2.75) is 25.8 Å². The Bertz CT molecular complexity index is 604. The molecule has 1 amide bonds. The Kier molecular flexibility index (Phi) is 4.57. The largest absolute Gasteiger partial charge is 0.469 e. The van der Waals surface area contributed by atoms with Crippen LogP contribution in [-0.2, 0) is 6.42 Å². The monoisotopic (exact) mass is 294 g/mol. The lowest BCUT2D eigenvalue weighted by Gasteiger charge is -2.13. The van der Waals surface area contributed by atoms with Crippen molar-refractivity contribution in [3.05, 3.63) is 53.5 Å². The molecule has 21 heavy (non-hydrogen) atoms. The summed E-state index contributed by atoms with van der Waals surface area (Å²) in [6.07, 6.45) is 2.90. The van der Waals surface area contributed by atoms with Crippen LogP contribution in [0.1, 0.15) is 29.5 Å². The SMILES string of the molecule is CC(CCc1ccco1)NC(=O)c1cc(F)c(N)c(F)c1. The Morgan fingerprint density at radius 3 is 2.62 bits per heavy atom. The van der Waals surface area contributed by atoms with Gasteiger partial charge in [-0.05, 0) is 37.6 Å². The van der Waals surface area contributed by atoms with Crippen LogP contribution in [-0.4, -0.2) is 11.9 Å². The van der Waals surface area contributed by atoms with Gasteiger partial charge in [0.2, 0.25) is 0 Å². The highest BCUT2D eigenvalue weighted by atomic mass is 19.1. The summed E-state index contributed by atoms with van der Waals surface area (Å²) in [5, 5.41) is 2.68. The molecule has 1 atom stereocenters. The molecule has 0 saturated carbocycles. The number of nitrogens with two attached hydrogens (primary N) is 1. The number of nitrogen functional groups attached to an aromatic ring is 1. The lowest BCUT2D eigenvalue weighted by molar-refractivity contribution is 0.0937. The molecule has 0 aliphatic rings. The van der Waals surface area contributed by atoms with Gasteiger partial charge in [-0.25, -0.2) is 8.78 Å². The molecule has 4 nitrogen and oxygen atoms in total. The Hall–Kier alpha value is -2.37. The van der Waals surface area contributed by atoms with Crippen molar-refractivity contribution >= 4 is 11.6 Å². The van der Waals surface area contributed by atoms with Crippen molar-refractivity contribution in [1.29, 1.82) is 0 Å². The van der Waals surface area contributed by atoms with Crippen LogP contribution in [0.5, 0.6) is 0 Å². The minimum Gasteiger partial charge on any atom is -0.469 e. The molecule has 0 aliphatic heterocycles. The molecular weight excluding hydrogens is 278 g/mol. The lowest BCUT2D eigenvalue weighted by Crippen LogP contribution is -2.33. The van der Waals surface area contributed by atoms with E-state index in [1.807, 2.05) is 13.0 Å². The van der Waals surface area contributed by atoms with Crippen LogP contribution in [0.25, 0.3) is 0 Å². The van der Waals surface area contributed by atoms with Crippen molar-refractivity contribution in [2.24, 2.45) is 0 Å². The first-order valence-corrected chi connectivity index (χ1v) is 6.55. The zero-order valence-electron chi connectivity index (χ0n) is 11.5. The average Bonchev–Trinajstić information content (AvgIpc) is 2.95. The number of halogens is 2. The molecule has 3 N–H and O–H groups in total. The molecule has 6 heteroatoms. The molecule has 0 bridgehead atoms. The van der Waals surface area contributed by atoms with E-state index < -0.39 is 23.2 Å². The predicted octanol–water partition coefficient (Wildman–Crippen LogP) is 2.89. The number of hydrogen-bond donors (Lipinski definition) is 2. The molecular formula is C15H16F2N2O2. The topological polar surface area (TPSA) is 68.3 Å². The molecule has 0 aliphatic carbocycles. The Morgan fingerprint density at radius 2 is 2.05 bits per heavy atom. The van der Waals surface area contributed by atoms with E-state index in [4.69, 9.17) is 10.2 Å². The van der Waals surface area contributed by atoms with Crippen molar-refractivity contribution in [3.8, 4) is 0 Å². The van der Waals surface area contributed by atoms with Crippen molar-refractivity contribution < 1.29 is 18.0 Å². The number of carbonyl (C=O) groups excluding carboxylic acids is 1. The van der Waals surface area contributed by atoms with E-state index in [0.717, 1.165) is 17.9 Å². The van der Waals surface area contributed by atoms with Gasteiger partial charge in [-0.1, -0.05) is 0 Å². The molecule has 1 aromatic heterocycles. The second kappa shape index (κ2) is 6.39. The van der Waals surface area contributed by atoms with Gasteiger partial charge in [0.15, 0.2) is 0 Å². The first-order valence-electron chi connectivity index (χ1n) is 6.55. The molecule has 1 unspecified atom stereocenters. The zero-order valence-corrected chi connectivity index (χ0v) is 11.5. The lowest BCUT2D eigenvalue weighted by atomic mass is 10.1. The first-order chi connectivity index (χ1) is 9.97. The summed E-state index contributed by atoms with van der Waals surface area (Å²) in [6.45, 7) is 1.81. The number of carbonyl (C=O) groups is 1. The number of aryl methyl sites for hydroxylation is 1. The standard InChI is InChI=1S/C15H16F2N2O2/c1-9(4-5-11-3-2-6-21-11)19-15(20)10-7-12(16)14(18)13(17)8-10/h2-3,6-9H,4-5,18H2,1H3,(H,19,20). The minimum atomic E-state index is -0.941. The third-order valence-electron chi connectivity index (χ3n) is 3.12. The molecule has 0 spiro atoms. The molecule has 1 heterocycles. The van der Waals surface area contributed by atoms with Gasteiger partial charge in [-0.2, -0.15) is 0 Å². The maximum Gasteiger partial charge on any atom is 0.251 e. The van der Waals surface area contributed by atoms with E-state index in [9.17, 15) is 13.6 Å². The summed E-state index contributed by atoms with van der Waals surface area (Å²) in [4.78, 5) is 11.9. The van der Waals surface area contributed by atoms with Crippen molar-refractivity contribution in [2.75, 3.05) is 5.73 Å². The van der Waals surface area contributed by atoms with E-state index in [1.165, 1.54) is 0 Å². The average molecular weight is 294 g/mol. The van der Waals surface area contributed by atoms with E-state index in [-0.39, 0.29) is 11.6 Å². The smallest absolute Gasteiger partial charge is 0.251 e. The number of anilines is 1. The van der Waals surface area contributed by atoms with Crippen molar-refractivity contribution in [1.82, 2.24) is 5.32 Å². The molecule has 0 saturated heterocycles. The van der Waals surface area contributed by atoms with Crippen LogP contribution in [0.3, 0.4) is 0 Å². The first kappa shape index (κ1) is 15.0. The Labute approximate surface area is 120 Å². The minimum absolute atomic E-state index is 0.0935. The molecule has 2 rings (SSSR count). The van der Waals surface area contributed by atoms with E-state index in [0.29, 0.717) is 12.8 Å². The third kappa shape index (κ3) is 3.81. The van der Waals surface area contributed by atoms with Crippen LogP contribution >= 0.6 is 0 Å². The molecule has 2 aromatic rings. The summed E-state index contributed by atoms with van der Waals surface area (Å²) in [5.41, 5.74) is 4.48. The molecule has 0 radical (unpaired) electrons. The molecule has 1 aromatic carbocycles. The number of furan rings is 1. The fourth-order valence-electron chi connectivity index (χ4n) is 1.91. The third-order valence-corrected chi connectivity index (χ3v) is 3.12. The predicted molar refractivity (Wildman–Crippen MR) is 74.7 cm³/mol. The Morgan fingerprint density at radius 1 is 1.38 bits per heavy atom. The van der Waals surface area contributed by atoms with Gasteiger partial charge in [-0.3, -0.25) is 4.79 Å². The maximum atomic E-state index is 13.3. The fourth-order valence-corrected chi connectivity index (χ4v) is 1.91. The van der Waals surface area contributed by atoms with Crippen LogP contribution in [0.2, 0.25) is 0 Å². The van der Waals surface area contributed by atoms with E-state index >= 15 is 0 Å². The fraction of sp³-hybridized carbons (Fsp3) is 0.267. The number of nitrogens with one attached hydrogen (secondary N) is 1. The molecule has 0 fully saturated rings. The summed E-state index contributed by atoms with van der Waals surface area (Å²) in [6, 6.07) is 5.32. The summed E-state index contributed by atoms with van der Waals surface area (Å²) in [5.74, 6) is -1.60. The zero-order chi connectivity index (χ0) is 15.4. The quantitative estimate of drug-likeness (QED) is 0.833. The second-order valence-corrected chi connectivity index (χ2v) is 4.85. The van der Waals surface area contributed by atoms with Crippen LogP contribution in [0, 0.1) is 11.6 Å². The van der Waals surface area contributed by atoms with Crippen molar-refractivity contribution in [3.63, 3.8) is 0 Å². The summed E-state index contributed by atoms with van der Waals surface area (Å²) >= 11 is 0. The van der Waals surface area contributed by atoms with Gasteiger partial charge in [0.1, 0.15) is 23.1 Å². The highest BCUT2D eigenvalue weighted by Gasteiger charge is 2.15. The maximum absolute atomic E-state index is 13.3. The summed E-state index contributed by atoms with van der Waals surface area (Å²) in [7, 11) is 0. The highest BCUT2D eigenvalue weighted by Crippen LogP contribution is 2.17. The van der Waals surface area contributed by atoms with Crippen LogP contribution in [0.4, 0.5) is 14.5 Å². The number of rotatable bonds is 5. The Balaban J connectivity index is 1.94. The van der Waals surface area contributed by atoms with Gasteiger partial charge in [0.25, 0.3) is 5.91 Å². The van der Waals surface area contributed by atoms with Crippen LogP contribution < -0.4 is 11.1 Å². The van der Waals surface area contributed by atoms with E-state index in [2.05, 4.69) is 5.32 Å². The van der Waals surface area contributed by atoms with Gasteiger partial charge in [0.05, 0.1) is 6.26 Å². The van der Waals surface area contributed by atoms with Gasteiger partial charge < -0.3 is 15.5 Å². The van der Waals surface area contributed by atoms with E-state index in [1.54, 1.807) is 12.3 Å². The van der Waals surface area contributed by atoms with Gasteiger partial charge >= 0.3 is 0 Å². The van der Waals surface area contributed by atoms with Gasteiger partial charge in [-0.15, -0.1) is 0 Å². The number of hydrogen-bond acceptors (Lipinski definition) is 3. The second-order valence-electron chi connectivity index (χ2n) is 4.85. The normalized spacial score (nSPS) is 12.1.